The molecule has 0 bridgehead atoms. The lowest BCUT2D eigenvalue weighted by Gasteiger charge is -2.22. The number of ether oxygens (including phenoxy) is 2. The second-order valence-corrected chi connectivity index (χ2v) is 5.42. The van der Waals surface area contributed by atoms with Gasteiger partial charge < -0.3 is 9.47 Å². The van der Waals surface area contributed by atoms with Crippen molar-refractivity contribution in [1.82, 2.24) is 0 Å². The van der Waals surface area contributed by atoms with Crippen LogP contribution >= 0.6 is 23.2 Å². The van der Waals surface area contributed by atoms with Crippen LogP contribution in [0.3, 0.4) is 0 Å². The topological polar surface area (TPSA) is 18.5 Å². The maximum absolute atomic E-state index is 6.06. The van der Waals surface area contributed by atoms with E-state index in [1.807, 2.05) is 13.8 Å². The first-order chi connectivity index (χ1) is 6.99. The van der Waals surface area contributed by atoms with E-state index in [1.54, 1.807) is 0 Å². The molecule has 86 valence electrons. The van der Waals surface area contributed by atoms with E-state index in [4.69, 9.17) is 32.7 Å². The molecule has 1 spiro atoms. The van der Waals surface area contributed by atoms with Crippen LogP contribution in [0.4, 0.5) is 0 Å². The van der Waals surface area contributed by atoms with Crippen molar-refractivity contribution in [1.29, 1.82) is 0 Å². The highest BCUT2D eigenvalue weighted by molar-refractivity contribution is 6.36. The standard InChI is InChI=1S/C11H16Cl2O2/c1-10(2)9(8(13)7-12)14-11(15-10)5-3-4-6-11/h3-7H2,1-2H3/b9-8+. The van der Waals surface area contributed by atoms with E-state index in [0.29, 0.717) is 10.8 Å². The molecule has 15 heavy (non-hydrogen) atoms. The van der Waals surface area contributed by atoms with Gasteiger partial charge >= 0.3 is 0 Å². The first-order valence-electron chi connectivity index (χ1n) is 5.33. The molecule has 0 unspecified atom stereocenters. The minimum Gasteiger partial charge on any atom is -0.462 e. The van der Waals surface area contributed by atoms with Crippen LogP contribution in [-0.4, -0.2) is 17.3 Å². The molecule has 0 aromatic heterocycles. The molecular formula is C11H16Cl2O2. The van der Waals surface area contributed by atoms with E-state index in [0.717, 1.165) is 25.7 Å². The molecule has 2 nitrogen and oxygen atoms in total. The van der Waals surface area contributed by atoms with Gasteiger partial charge in [-0.1, -0.05) is 11.6 Å². The lowest BCUT2D eigenvalue weighted by atomic mass is 10.1. The number of hydrogen-bond donors (Lipinski definition) is 0. The first-order valence-corrected chi connectivity index (χ1v) is 6.25. The molecule has 0 aromatic carbocycles. The summed E-state index contributed by atoms with van der Waals surface area (Å²) in [7, 11) is 0. The van der Waals surface area contributed by atoms with Gasteiger partial charge in [-0.2, -0.15) is 0 Å². The van der Waals surface area contributed by atoms with Gasteiger partial charge in [0.05, 0.1) is 10.9 Å². The molecular weight excluding hydrogens is 235 g/mol. The number of rotatable bonds is 1. The van der Waals surface area contributed by atoms with Crippen LogP contribution < -0.4 is 0 Å². The van der Waals surface area contributed by atoms with Gasteiger partial charge in [0.2, 0.25) is 5.79 Å². The normalized spacial score (nSPS) is 30.7. The Morgan fingerprint density at radius 1 is 1.33 bits per heavy atom. The minimum atomic E-state index is -0.448. The second-order valence-electron chi connectivity index (χ2n) is 4.70. The molecule has 4 heteroatoms. The molecule has 2 fully saturated rings. The third-order valence-corrected chi connectivity index (χ3v) is 3.71. The molecule has 1 heterocycles. The highest BCUT2D eigenvalue weighted by atomic mass is 35.5. The van der Waals surface area contributed by atoms with Gasteiger partial charge in [-0.25, -0.2) is 0 Å². The highest BCUT2D eigenvalue weighted by Crippen LogP contribution is 2.49. The van der Waals surface area contributed by atoms with Crippen molar-refractivity contribution in [2.45, 2.75) is 50.9 Å². The molecule has 0 radical (unpaired) electrons. The van der Waals surface area contributed by atoms with Crippen LogP contribution in [0.2, 0.25) is 0 Å². The average Bonchev–Trinajstić information content (AvgIpc) is 2.70. The van der Waals surface area contributed by atoms with Crippen molar-refractivity contribution in [3.8, 4) is 0 Å². The maximum atomic E-state index is 6.06. The molecule has 2 aliphatic rings. The van der Waals surface area contributed by atoms with E-state index in [9.17, 15) is 0 Å². The number of allylic oxidation sites excluding steroid dienone is 1. The zero-order valence-corrected chi connectivity index (χ0v) is 10.6. The van der Waals surface area contributed by atoms with Crippen LogP contribution in [0.5, 0.6) is 0 Å². The summed E-state index contributed by atoms with van der Waals surface area (Å²) in [6.07, 6.45) is 4.21. The Morgan fingerprint density at radius 2 is 1.93 bits per heavy atom. The van der Waals surface area contributed by atoms with Crippen LogP contribution in [-0.2, 0) is 9.47 Å². The minimum absolute atomic E-state index is 0.278. The van der Waals surface area contributed by atoms with E-state index in [1.165, 1.54) is 0 Å². The van der Waals surface area contributed by atoms with Crippen LogP contribution in [0, 0.1) is 0 Å². The number of halogens is 2. The van der Waals surface area contributed by atoms with Gasteiger partial charge in [0, 0.05) is 12.8 Å². The van der Waals surface area contributed by atoms with E-state index < -0.39 is 11.4 Å². The SMILES string of the molecule is CC1(C)OC2(CCCC2)O/C1=C(/Cl)CCl. The third kappa shape index (κ3) is 2.00. The summed E-state index contributed by atoms with van der Waals surface area (Å²) in [4.78, 5) is 0. The quantitative estimate of drug-likeness (QED) is 0.660. The molecule has 0 N–H and O–H groups in total. The van der Waals surface area contributed by atoms with E-state index in [2.05, 4.69) is 0 Å². The molecule has 0 atom stereocenters. The Hall–Kier alpha value is 0.0800. The lowest BCUT2D eigenvalue weighted by Crippen LogP contribution is -2.30. The summed E-state index contributed by atoms with van der Waals surface area (Å²) in [6.45, 7) is 3.95. The van der Waals surface area contributed by atoms with Crippen molar-refractivity contribution in [3.05, 3.63) is 10.8 Å². The Balaban J connectivity index is 2.28. The van der Waals surface area contributed by atoms with Crippen LogP contribution in [0.15, 0.2) is 10.8 Å². The molecule has 1 aliphatic heterocycles. The fraction of sp³-hybridized carbons (Fsp3) is 0.818. The Bertz CT molecular complexity index is 291. The summed E-state index contributed by atoms with van der Waals surface area (Å²) in [6, 6.07) is 0. The third-order valence-electron chi connectivity index (χ3n) is 3.01. The summed E-state index contributed by atoms with van der Waals surface area (Å²) >= 11 is 11.8. The molecule has 1 aliphatic carbocycles. The predicted molar refractivity (Wildman–Crippen MR) is 61.0 cm³/mol. The van der Waals surface area contributed by atoms with Crippen molar-refractivity contribution in [2.75, 3.05) is 5.88 Å². The van der Waals surface area contributed by atoms with E-state index >= 15 is 0 Å². The van der Waals surface area contributed by atoms with Crippen LogP contribution in [0.25, 0.3) is 0 Å². The van der Waals surface area contributed by atoms with Gasteiger partial charge in [-0.05, 0) is 26.7 Å². The molecule has 1 saturated carbocycles. The maximum Gasteiger partial charge on any atom is 0.211 e. The van der Waals surface area contributed by atoms with E-state index in [-0.39, 0.29) is 5.88 Å². The molecule has 2 rings (SSSR count). The zero-order chi connectivity index (χ0) is 11.1. The smallest absolute Gasteiger partial charge is 0.211 e. The van der Waals surface area contributed by atoms with Crippen molar-refractivity contribution >= 4 is 23.2 Å². The van der Waals surface area contributed by atoms with Crippen molar-refractivity contribution in [3.63, 3.8) is 0 Å². The summed E-state index contributed by atoms with van der Waals surface area (Å²) in [5.74, 6) is 0.561. The molecule has 0 aromatic rings. The average molecular weight is 251 g/mol. The number of alkyl halides is 1. The fourth-order valence-electron chi connectivity index (χ4n) is 2.40. The second kappa shape index (κ2) is 3.83. The monoisotopic (exact) mass is 250 g/mol. The van der Waals surface area contributed by atoms with Gasteiger partial charge in [0.15, 0.2) is 0 Å². The number of hydrogen-bond acceptors (Lipinski definition) is 2. The van der Waals surface area contributed by atoms with Gasteiger partial charge in [-0.15, -0.1) is 11.6 Å². The first kappa shape index (κ1) is 11.6. The van der Waals surface area contributed by atoms with Crippen molar-refractivity contribution < 1.29 is 9.47 Å². The molecule has 0 amide bonds. The Kier molecular flexibility index (Phi) is 2.95. The highest BCUT2D eigenvalue weighted by Gasteiger charge is 2.52. The van der Waals surface area contributed by atoms with Gasteiger partial charge in [0.25, 0.3) is 0 Å². The Labute approximate surface area is 101 Å². The fourth-order valence-corrected chi connectivity index (χ4v) is 2.79. The van der Waals surface area contributed by atoms with Crippen molar-refractivity contribution in [2.24, 2.45) is 0 Å². The summed E-state index contributed by atoms with van der Waals surface area (Å²) in [5.41, 5.74) is -0.448. The largest absolute Gasteiger partial charge is 0.462 e. The summed E-state index contributed by atoms with van der Waals surface area (Å²) in [5, 5.41) is 0.561. The predicted octanol–water partition coefficient (Wildman–Crippen LogP) is 3.77. The van der Waals surface area contributed by atoms with Gasteiger partial charge in [-0.3, -0.25) is 0 Å². The zero-order valence-electron chi connectivity index (χ0n) is 9.11. The van der Waals surface area contributed by atoms with Crippen LogP contribution in [0.1, 0.15) is 39.5 Å². The molecule has 1 saturated heterocycles. The lowest BCUT2D eigenvalue weighted by molar-refractivity contribution is -0.173. The Morgan fingerprint density at radius 3 is 2.47 bits per heavy atom. The van der Waals surface area contributed by atoms with Gasteiger partial charge in [0.1, 0.15) is 11.4 Å². The summed E-state index contributed by atoms with van der Waals surface area (Å²) < 4.78 is 11.9.